The highest BCUT2D eigenvalue weighted by Crippen LogP contribution is 2.45. The number of primary amides is 1. The number of nitrogens with two attached hydrogens (primary N) is 1. The number of aromatic nitrogens is 1. The van der Waals surface area contributed by atoms with E-state index in [9.17, 15) is 9.59 Å². The van der Waals surface area contributed by atoms with Gasteiger partial charge in [0.25, 0.3) is 0 Å². The number of rotatable bonds is 6. The molecule has 1 aromatic heterocycles. The van der Waals surface area contributed by atoms with Crippen molar-refractivity contribution < 1.29 is 19.1 Å². The van der Waals surface area contributed by atoms with Gasteiger partial charge in [-0.3, -0.25) is 4.79 Å². The highest BCUT2D eigenvalue weighted by molar-refractivity contribution is 6.35. The molecular weight excluding hydrogens is 404 g/mol. The van der Waals surface area contributed by atoms with E-state index in [1.165, 1.54) is 7.11 Å². The molecule has 2 N–H and O–H groups in total. The lowest BCUT2D eigenvalue weighted by atomic mass is 9.84. The molecule has 1 aliphatic rings. The van der Waals surface area contributed by atoms with Crippen LogP contribution in [0.2, 0.25) is 5.02 Å². The number of methoxy groups -OCH3 is 1. The molecular formula is C23H23ClN2O4. The summed E-state index contributed by atoms with van der Waals surface area (Å²) in [5.74, 6) is -0.779. The second-order valence-corrected chi connectivity index (χ2v) is 7.82. The minimum absolute atomic E-state index is 0.229. The average molecular weight is 427 g/mol. The van der Waals surface area contributed by atoms with E-state index in [1.807, 2.05) is 18.2 Å². The predicted molar refractivity (Wildman–Crippen MR) is 115 cm³/mol. The summed E-state index contributed by atoms with van der Waals surface area (Å²) < 4.78 is 12.6. The maximum absolute atomic E-state index is 12.3. The Labute approximate surface area is 179 Å². The lowest BCUT2D eigenvalue weighted by molar-refractivity contribution is -0.142. The third kappa shape index (κ3) is 3.63. The van der Waals surface area contributed by atoms with Gasteiger partial charge in [-0.25, -0.2) is 4.79 Å². The molecule has 6 nitrogen and oxygen atoms in total. The Kier molecular flexibility index (Phi) is 5.68. The average Bonchev–Trinajstić information content (AvgIpc) is 3.09. The number of ether oxygens (including phenoxy) is 2. The van der Waals surface area contributed by atoms with Crippen molar-refractivity contribution in [2.24, 2.45) is 5.73 Å². The Hall–Kier alpha value is -2.99. The summed E-state index contributed by atoms with van der Waals surface area (Å²) in [5, 5.41) is 1.31. The summed E-state index contributed by atoms with van der Waals surface area (Å²) in [7, 11) is 1.31. The lowest BCUT2D eigenvalue weighted by Gasteiger charge is -2.22. The Bertz CT molecular complexity index is 1110. The summed E-state index contributed by atoms with van der Waals surface area (Å²) in [6, 6.07) is 13.5. The van der Waals surface area contributed by atoms with Crippen LogP contribution >= 0.6 is 11.6 Å². The van der Waals surface area contributed by atoms with Gasteiger partial charge in [-0.2, -0.15) is 0 Å². The molecule has 2 aromatic carbocycles. The molecule has 156 valence electrons. The van der Waals surface area contributed by atoms with E-state index in [0.29, 0.717) is 23.7 Å². The van der Waals surface area contributed by atoms with Gasteiger partial charge in [-0.15, -0.1) is 0 Å². The Morgan fingerprint density at radius 1 is 1.20 bits per heavy atom. The second-order valence-electron chi connectivity index (χ2n) is 7.41. The molecule has 0 saturated carbocycles. The van der Waals surface area contributed by atoms with Crippen molar-refractivity contribution in [3.05, 3.63) is 64.3 Å². The van der Waals surface area contributed by atoms with Crippen LogP contribution in [0, 0.1) is 0 Å². The van der Waals surface area contributed by atoms with Gasteiger partial charge in [0.1, 0.15) is 5.75 Å². The monoisotopic (exact) mass is 426 g/mol. The minimum Gasteiger partial charge on any atom is -0.481 e. The van der Waals surface area contributed by atoms with Gasteiger partial charge < -0.3 is 19.8 Å². The van der Waals surface area contributed by atoms with Crippen LogP contribution in [-0.4, -0.2) is 30.2 Å². The first-order valence-electron chi connectivity index (χ1n) is 9.87. The molecule has 7 heteroatoms. The number of nitrogens with zero attached hydrogens (tertiary/aromatic N) is 1. The molecule has 3 aromatic rings. The molecule has 1 atom stereocenters. The van der Waals surface area contributed by atoms with E-state index in [4.69, 9.17) is 26.8 Å². The normalized spacial score (nSPS) is 15.6. The number of fused-ring (bicyclic) bond motifs is 3. The van der Waals surface area contributed by atoms with E-state index in [-0.39, 0.29) is 12.5 Å². The van der Waals surface area contributed by atoms with Crippen LogP contribution in [0.5, 0.6) is 5.75 Å². The first kappa shape index (κ1) is 20.3. The van der Waals surface area contributed by atoms with Crippen LogP contribution in [0.25, 0.3) is 10.9 Å². The highest BCUT2D eigenvalue weighted by atomic mass is 35.5. The topological polar surface area (TPSA) is 83.6 Å². The van der Waals surface area contributed by atoms with Gasteiger partial charge in [-0.05, 0) is 42.5 Å². The van der Waals surface area contributed by atoms with Crippen LogP contribution in [0.15, 0.2) is 42.5 Å². The molecule has 0 radical (unpaired) electrons. The number of carbonyl (C=O) groups is 2. The van der Waals surface area contributed by atoms with E-state index < -0.39 is 11.9 Å². The molecule has 30 heavy (non-hydrogen) atoms. The van der Waals surface area contributed by atoms with Gasteiger partial charge in [0, 0.05) is 17.6 Å². The maximum Gasteiger partial charge on any atom is 0.343 e. The Morgan fingerprint density at radius 3 is 2.67 bits per heavy atom. The Balaban J connectivity index is 1.95. The summed E-state index contributed by atoms with van der Waals surface area (Å²) in [4.78, 5) is 23.9. The van der Waals surface area contributed by atoms with Gasteiger partial charge in [-0.1, -0.05) is 41.9 Å². The number of hydrogen-bond donors (Lipinski definition) is 1. The van der Waals surface area contributed by atoms with E-state index in [0.717, 1.165) is 40.6 Å². The zero-order chi connectivity index (χ0) is 21.3. The van der Waals surface area contributed by atoms with Gasteiger partial charge in [0.15, 0.2) is 6.61 Å². The predicted octanol–water partition coefficient (Wildman–Crippen LogP) is 3.80. The smallest absolute Gasteiger partial charge is 0.343 e. The number of benzene rings is 2. The van der Waals surface area contributed by atoms with Gasteiger partial charge in [0.2, 0.25) is 5.91 Å². The molecule has 0 saturated heterocycles. The summed E-state index contributed by atoms with van der Waals surface area (Å²) in [6.07, 6.45) is 2.35. The number of esters is 1. The fourth-order valence-corrected chi connectivity index (χ4v) is 4.56. The number of hydrogen-bond acceptors (Lipinski definition) is 4. The van der Waals surface area contributed by atoms with Gasteiger partial charge >= 0.3 is 5.97 Å². The number of halogens is 1. The lowest BCUT2D eigenvalue weighted by Crippen LogP contribution is -2.25. The first-order chi connectivity index (χ1) is 14.5. The molecule has 1 amide bonds. The SMILES string of the molecule is COC(=O)COc1ccc(Cl)c2c1c1c(n2Cc2ccccc2)CCCC1C(N)=O. The third-order valence-corrected chi connectivity index (χ3v) is 5.93. The number of carbonyl (C=O) groups excluding carboxylic acids is 2. The molecule has 0 aliphatic heterocycles. The molecule has 0 bridgehead atoms. The molecule has 4 rings (SSSR count). The van der Waals surface area contributed by atoms with Crippen molar-refractivity contribution in [3.8, 4) is 5.75 Å². The summed E-state index contributed by atoms with van der Waals surface area (Å²) >= 11 is 6.65. The molecule has 1 unspecified atom stereocenters. The molecule has 1 aliphatic carbocycles. The molecule has 0 fully saturated rings. The second kappa shape index (κ2) is 8.40. The van der Waals surface area contributed by atoms with Gasteiger partial charge in [0.05, 0.1) is 23.6 Å². The quantitative estimate of drug-likeness (QED) is 0.607. The number of amides is 1. The summed E-state index contributed by atoms with van der Waals surface area (Å²) in [6.45, 7) is 0.380. The van der Waals surface area contributed by atoms with Crippen LogP contribution in [0.3, 0.4) is 0 Å². The third-order valence-electron chi connectivity index (χ3n) is 5.62. The first-order valence-corrected chi connectivity index (χ1v) is 10.3. The zero-order valence-corrected chi connectivity index (χ0v) is 17.4. The maximum atomic E-state index is 12.3. The van der Waals surface area contributed by atoms with Crippen molar-refractivity contribution in [1.29, 1.82) is 0 Å². The highest BCUT2D eigenvalue weighted by Gasteiger charge is 2.33. The van der Waals surface area contributed by atoms with Crippen LogP contribution in [-0.2, 0) is 27.3 Å². The van der Waals surface area contributed by atoms with Crippen molar-refractivity contribution in [3.63, 3.8) is 0 Å². The fourth-order valence-electron chi connectivity index (χ4n) is 4.30. The van der Waals surface area contributed by atoms with Crippen LogP contribution < -0.4 is 10.5 Å². The van der Waals surface area contributed by atoms with Crippen molar-refractivity contribution >= 4 is 34.4 Å². The van der Waals surface area contributed by atoms with E-state index in [1.54, 1.807) is 12.1 Å². The molecule has 1 heterocycles. The van der Waals surface area contributed by atoms with Crippen molar-refractivity contribution in [1.82, 2.24) is 4.57 Å². The Morgan fingerprint density at radius 2 is 1.97 bits per heavy atom. The van der Waals surface area contributed by atoms with Crippen molar-refractivity contribution in [2.75, 3.05) is 13.7 Å². The van der Waals surface area contributed by atoms with Crippen molar-refractivity contribution in [2.45, 2.75) is 31.7 Å². The zero-order valence-electron chi connectivity index (χ0n) is 16.7. The summed E-state index contributed by atoms with van der Waals surface area (Å²) in [5.41, 5.74) is 9.59. The van der Waals surface area contributed by atoms with Crippen LogP contribution in [0.1, 0.15) is 35.6 Å². The standard InChI is InChI=1S/C23H23ClN2O4/c1-29-19(27)13-30-18-11-10-16(24)22-21(18)20-15(23(25)28)8-5-9-17(20)26(22)12-14-6-3-2-4-7-14/h2-4,6-7,10-11,15H,5,8-9,12-13H2,1H3,(H2,25,28). The minimum atomic E-state index is -0.484. The fraction of sp³-hybridized carbons (Fsp3) is 0.304. The van der Waals surface area contributed by atoms with E-state index in [2.05, 4.69) is 16.7 Å². The van der Waals surface area contributed by atoms with Crippen LogP contribution in [0.4, 0.5) is 0 Å². The van der Waals surface area contributed by atoms with E-state index >= 15 is 0 Å². The molecule has 0 spiro atoms. The largest absolute Gasteiger partial charge is 0.481 e.